The molecule has 1 amide bonds. The van der Waals surface area contributed by atoms with Gasteiger partial charge in [0.15, 0.2) is 0 Å². The maximum Gasteiger partial charge on any atom is 0.224 e. The monoisotopic (exact) mass is 250 g/mol. The first-order valence-corrected chi connectivity index (χ1v) is 6.10. The standard InChI is InChI=1S/C13H18N2O3/c16-12-4-2-1-3-10(12)7-13(17)15-8-11-9-18-6-5-14-11/h1-4,11,14,16H,5-9H2,(H,15,17). The molecule has 0 radical (unpaired) electrons. The summed E-state index contributed by atoms with van der Waals surface area (Å²) in [6, 6.07) is 7.04. The number of hydrogen-bond acceptors (Lipinski definition) is 4. The van der Waals surface area contributed by atoms with Gasteiger partial charge in [-0.25, -0.2) is 0 Å². The van der Waals surface area contributed by atoms with Gasteiger partial charge in [0.2, 0.25) is 5.91 Å². The molecule has 3 N–H and O–H groups in total. The number of carbonyl (C=O) groups is 1. The van der Waals surface area contributed by atoms with Gasteiger partial charge >= 0.3 is 0 Å². The van der Waals surface area contributed by atoms with E-state index in [0.29, 0.717) is 18.7 Å². The quantitative estimate of drug-likeness (QED) is 0.705. The van der Waals surface area contributed by atoms with Crippen molar-refractivity contribution in [3.8, 4) is 5.75 Å². The predicted molar refractivity (Wildman–Crippen MR) is 67.4 cm³/mol. The van der Waals surface area contributed by atoms with Crippen molar-refractivity contribution in [2.45, 2.75) is 12.5 Å². The largest absolute Gasteiger partial charge is 0.508 e. The Balaban J connectivity index is 1.76. The van der Waals surface area contributed by atoms with Crippen LogP contribution in [0.2, 0.25) is 0 Å². The van der Waals surface area contributed by atoms with Crippen molar-refractivity contribution in [3.05, 3.63) is 29.8 Å². The van der Waals surface area contributed by atoms with Crippen molar-refractivity contribution in [2.75, 3.05) is 26.3 Å². The zero-order valence-electron chi connectivity index (χ0n) is 10.2. The van der Waals surface area contributed by atoms with E-state index in [2.05, 4.69) is 10.6 Å². The number of rotatable bonds is 4. The van der Waals surface area contributed by atoms with E-state index in [-0.39, 0.29) is 24.1 Å². The van der Waals surface area contributed by atoms with E-state index in [1.54, 1.807) is 24.3 Å². The molecule has 0 bridgehead atoms. The maximum atomic E-state index is 11.7. The second-order valence-corrected chi connectivity index (χ2v) is 4.34. The third kappa shape index (κ3) is 3.72. The maximum absolute atomic E-state index is 11.7. The Morgan fingerprint density at radius 2 is 2.33 bits per heavy atom. The lowest BCUT2D eigenvalue weighted by molar-refractivity contribution is -0.120. The zero-order valence-corrected chi connectivity index (χ0v) is 10.2. The number of ether oxygens (including phenoxy) is 1. The van der Waals surface area contributed by atoms with Gasteiger partial charge in [-0.05, 0) is 6.07 Å². The van der Waals surface area contributed by atoms with Crippen molar-refractivity contribution >= 4 is 5.91 Å². The Morgan fingerprint density at radius 3 is 3.06 bits per heavy atom. The Bertz CT molecular complexity index is 403. The molecule has 5 nitrogen and oxygen atoms in total. The number of hydrogen-bond donors (Lipinski definition) is 3. The highest BCUT2D eigenvalue weighted by Gasteiger charge is 2.14. The van der Waals surface area contributed by atoms with Crippen LogP contribution in [0, 0.1) is 0 Å². The Morgan fingerprint density at radius 1 is 1.50 bits per heavy atom. The summed E-state index contributed by atoms with van der Waals surface area (Å²) in [5.41, 5.74) is 0.642. The van der Waals surface area contributed by atoms with Crippen molar-refractivity contribution < 1.29 is 14.6 Å². The second kappa shape index (κ2) is 6.37. The van der Waals surface area contributed by atoms with Gasteiger partial charge < -0.3 is 20.5 Å². The van der Waals surface area contributed by atoms with Crippen LogP contribution in [0.5, 0.6) is 5.75 Å². The van der Waals surface area contributed by atoms with Crippen LogP contribution in [0.15, 0.2) is 24.3 Å². The molecule has 1 aromatic rings. The summed E-state index contributed by atoms with van der Waals surface area (Å²) in [6.07, 6.45) is 0.195. The van der Waals surface area contributed by atoms with Gasteiger partial charge in [-0.2, -0.15) is 0 Å². The first kappa shape index (κ1) is 12.9. The molecule has 1 saturated heterocycles. The van der Waals surface area contributed by atoms with Crippen molar-refractivity contribution in [1.29, 1.82) is 0 Å². The molecule has 2 rings (SSSR count). The van der Waals surface area contributed by atoms with Gasteiger partial charge in [-0.3, -0.25) is 4.79 Å². The molecule has 1 heterocycles. The number of carbonyl (C=O) groups excluding carboxylic acids is 1. The molecule has 1 aliphatic heterocycles. The smallest absolute Gasteiger partial charge is 0.224 e. The number of benzene rings is 1. The number of phenols is 1. The molecule has 98 valence electrons. The van der Waals surface area contributed by atoms with Crippen LogP contribution in [-0.2, 0) is 16.0 Å². The van der Waals surface area contributed by atoms with Crippen LogP contribution in [0.4, 0.5) is 0 Å². The number of amides is 1. The number of aromatic hydroxyl groups is 1. The van der Waals surface area contributed by atoms with Gasteiger partial charge in [0, 0.05) is 24.7 Å². The summed E-state index contributed by atoms with van der Waals surface area (Å²) >= 11 is 0. The van der Waals surface area contributed by atoms with Gasteiger partial charge in [-0.15, -0.1) is 0 Å². The highest BCUT2D eigenvalue weighted by Crippen LogP contribution is 2.15. The molecular weight excluding hydrogens is 232 g/mol. The topological polar surface area (TPSA) is 70.6 Å². The van der Waals surface area contributed by atoms with E-state index in [1.807, 2.05) is 0 Å². The molecule has 0 spiro atoms. The van der Waals surface area contributed by atoms with E-state index in [4.69, 9.17) is 4.74 Å². The molecule has 1 aliphatic rings. The lowest BCUT2D eigenvalue weighted by Crippen LogP contribution is -2.48. The molecule has 0 aliphatic carbocycles. The van der Waals surface area contributed by atoms with Gasteiger partial charge in [-0.1, -0.05) is 18.2 Å². The summed E-state index contributed by atoms with van der Waals surface area (Å²) in [5.74, 6) is 0.0654. The van der Waals surface area contributed by atoms with E-state index in [1.165, 1.54) is 0 Å². The number of nitrogens with one attached hydrogen (secondary N) is 2. The summed E-state index contributed by atoms with van der Waals surface area (Å²) < 4.78 is 5.30. The number of morpholine rings is 1. The minimum absolute atomic E-state index is 0.0936. The minimum Gasteiger partial charge on any atom is -0.508 e. The molecule has 18 heavy (non-hydrogen) atoms. The number of para-hydroxylation sites is 1. The van der Waals surface area contributed by atoms with Crippen LogP contribution in [-0.4, -0.2) is 43.4 Å². The summed E-state index contributed by atoms with van der Waals surface area (Å²) in [7, 11) is 0. The Kier molecular flexibility index (Phi) is 4.55. The fourth-order valence-corrected chi connectivity index (χ4v) is 1.88. The first-order valence-electron chi connectivity index (χ1n) is 6.10. The summed E-state index contributed by atoms with van der Waals surface area (Å²) in [6.45, 7) is 2.71. The lowest BCUT2D eigenvalue weighted by atomic mass is 10.1. The molecular formula is C13H18N2O3. The lowest BCUT2D eigenvalue weighted by Gasteiger charge is -2.23. The predicted octanol–water partition coefficient (Wildman–Crippen LogP) is 0.0393. The molecule has 0 saturated carbocycles. The Labute approximate surface area is 106 Å². The van der Waals surface area contributed by atoms with Crippen molar-refractivity contribution in [2.24, 2.45) is 0 Å². The van der Waals surface area contributed by atoms with E-state index in [9.17, 15) is 9.90 Å². The van der Waals surface area contributed by atoms with Crippen molar-refractivity contribution in [3.63, 3.8) is 0 Å². The third-order valence-electron chi connectivity index (χ3n) is 2.89. The second-order valence-electron chi connectivity index (χ2n) is 4.34. The molecule has 1 unspecified atom stereocenters. The molecule has 5 heteroatoms. The average Bonchev–Trinajstić information content (AvgIpc) is 2.40. The fourth-order valence-electron chi connectivity index (χ4n) is 1.88. The van der Waals surface area contributed by atoms with E-state index in [0.717, 1.165) is 13.2 Å². The molecule has 1 aromatic carbocycles. The first-order chi connectivity index (χ1) is 8.75. The van der Waals surface area contributed by atoms with Gasteiger partial charge in [0.1, 0.15) is 5.75 Å². The zero-order chi connectivity index (χ0) is 12.8. The summed E-state index contributed by atoms with van der Waals surface area (Å²) in [4.78, 5) is 11.7. The highest BCUT2D eigenvalue weighted by molar-refractivity contribution is 5.79. The molecule has 1 atom stereocenters. The van der Waals surface area contributed by atoms with Crippen LogP contribution in [0.25, 0.3) is 0 Å². The summed E-state index contributed by atoms with van der Waals surface area (Å²) in [5, 5.41) is 15.7. The van der Waals surface area contributed by atoms with Crippen LogP contribution in [0.3, 0.4) is 0 Å². The van der Waals surface area contributed by atoms with Gasteiger partial charge in [0.25, 0.3) is 0 Å². The Hall–Kier alpha value is -1.59. The van der Waals surface area contributed by atoms with Crippen LogP contribution >= 0.6 is 0 Å². The van der Waals surface area contributed by atoms with Crippen LogP contribution < -0.4 is 10.6 Å². The van der Waals surface area contributed by atoms with E-state index < -0.39 is 0 Å². The molecule has 0 aromatic heterocycles. The number of phenolic OH excluding ortho intramolecular Hbond substituents is 1. The van der Waals surface area contributed by atoms with Crippen molar-refractivity contribution in [1.82, 2.24) is 10.6 Å². The SMILES string of the molecule is O=C(Cc1ccccc1O)NCC1COCCN1. The fraction of sp³-hybridized carbons (Fsp3) is 0.462. The highest BCUT2D eigenvalue weighted by atomic mass is 16.5. The minimum atomic E-state index is -0.0936. The molecule has 1 fully saturated rings. The third-order valence-corrected chi connectivity index (χ3v) is 2.89. The van der Waals surface area contributed by atoms with Gasteiger partial charge in [0.05, 0.1) is 19.6 Å². The normalized spacial score (nSPS) is 19.4. The van der Waals surface area contributed by atoms with E-state index >= 15 is 0 Å². The average molecular weight is 250 g/mol. The van der Waals surface area contributed by atoms with Crippen LogP contribution in [0.1, 0.15) is 5.56 Å².